The Morgan fingerprint density at radius 1 is 1.14 bits per heavy atom. The first kappa shape index (κ1) is 17.3. The maximum Gasteiger partial charge on any atom is 0.328 e. The zero-order valence-corrected chi connectivity index (χ0v) is 13.9. The van der Waals surface area contributed by atoms with Gasteiger partial charge in [0.2, 0.25) is 0 Å². The maximum absolute atomic E-state index is 10.4. The summed E-state index contributed by atoms with van der Waals surface area (Å²) < 4.78 is 5.73. The Morgan fingerprint density at radius 3 is 2.24 bits per heavy atom. The molecule has 0 aliphatic carbocycles. The minimum atomic E-state index is -0.960. The van der Waals surface area contributed by atoms with Gasteiger partial charge in [-0.1, -0.05) is 53.7 Å². The van der Waals surface area contributed by atoms with E-state index in [1.807, 2.05) is 6.07 Å². The first-order valence-electron chi connectivity index (χ1n) is 7.19. The molecule has 0 saturated heterocycles. The highest BCUT2D eigenvalue weighted by Gasteiger charge is 2.22. The molecular weight excluding hydrogens is 264 g/mol. The zero-order valence-electron chi connectivity index (χ0n) is 13.9. The van der Waals surface area contributed by atoms with Crippen molar-refractivity contribution in [3.05, 3.63) is 41.5 Å². The molecule has 21 heavy (non-hydrogen) atoms. The summed E-state index contributed by atoms with van der Waals surface area (Å²) in [6.07, 6.45) is 2.60. The van der Waals surface area contributed by atoms with E-state index in [1.54, 1.807) is 0 Å². The van der Waals surface area contributed by atoms with Gasteiger partial charge in [0.05, 0.1) is 0 Å². The van der Waals surface area contributed by atoms with Crippen molar-refractivity contribution < 1.29 is 14.6 Å². The van der Waals surface area contributed by atoms with Crippen molar-refractivity contribution in [2.75, 3.05) is 6.61 Å². The molecule has 0 saturated carbocycles. The van der Waals surface area contributed by atoms with Crippen molar-refractivity contribution in [1.29, 1.82) is 0 Å². The highest BCUT2D eigenvalue weighted by atomic mass is 16.5. The normalized spacial score (nSPS) is 12.7. The number of hydrogen-bond donors (Lipinski definition) is 1. The van der Waals surface area contributed by atoms with Crippen molar-refractivity contribution in [2.24, 2.45) is 0 Å². The van der Waals surface area contributed by atoms with Gasteiger partial charge in [-0.25, -0.2) is 4.79 Å². The SMILES string of the molecule is CC(C)(C)c1ccc(OC/C=C/C(=O)O)c(C(C)(C)C)c1. The quantitative estimate of drug-likeness (QED) is 0.841. The van der Waals surface area contributed by atoms with E-state index >= 15 is 0 Å². The highest BCUT2D eigenvalue weighted by molar-refractivity contribution is 5.79. The van der Waals surface area contributed by atoms with Gasteiger partial charge >= 0.3 is 5.97 Å². The second-order valence-electron chi connectivity index (χ2n) is 7.26. The Balaban J connectivity index is 3.06. The summed E-state index contributed by atoms with van der Waals surface area (Å²) in [6, 6.07) is 6.25. The summed E-state index contributed by atoms with van der Waals surface area (Å²) in [5.41, 5.74) is 2.45. The van der Waals surface area contributed by atoms with E-state index in [0.717, 1.165) is 17.4 Å². The molecule has 1 rings (SSSR count). The van der Waals surface area contributed by atoms with Gasteiger partial charge in [-0.2, -0.15) is 0 Å². The van der Waals surface area contributed by atoms with Gasteiger partial charge in [0, 0.05) is 6.08 Å². The number of carbonyl (C=O) groups is 1. The number of aliphatic carboxylic acids is 1. The van der Waals surface area contributed by atoms with Crippen LogP contribution in [0.4, 0.5) is 0 Å². The molecule has 116 valence electrons. The molecule has 1 aromatic rings. The van der Waals surface area contributed by atoms with E-state index in [9.17, 15) is 4.79 Å². The largest absolute Gasteiger partial charge is 0.489 e. The van der Waals surface area contributed by atoms with Crippen LogP contribution in [-0.2, 0) is 15.6 Å². The molecule has 0 heterocycles. The number of rotatable bonds is 4. The molecule has 0 unspecified atom stereocenters. The minimum Gasteiger partial charge on any atom is -0.489 e. The summed E-state index contributed by atoms with van der Waals surface area (Å²) in [6.45, 7) is 13.3. The fourth-order valence-corrected chi connectivity index (χ4v) is 2.00. The predicted molar refractivity (Wildman–Crippen MR) is 86.1 cm³/mol. The van der Waals surface area contributed by atoms with Crippen LogP contribution in [0.25, 0.3) is 0 Å². The molecule has 3 nitrogen and oxygen atoms in total. The van der Waals surface area contributed by atoms with Crippen LogP contribution < -0.4 is 4.74 Å². The Labute approximate surface area is 127 Å². The van der Waals surface area contributed by atoms with Gasteiger partial charge in [0.1, 0.15) is 12.4 Å². The lowest BCUT2D eigenvalue weighted by Gasteiger charge is -2.27. The fourth-order valence-electron chi connectivity index (χ4n) is 2.00. The second kappa shape index (κ2) is 6.33. The molecule has 0 aromatic heterocycles. The molecule has 0 spiro atoms. The van der Waals surface area contributed by atoms with Crippen LogP contribution >= 0.6 is 0 Å². The average Bonchev–Trinajstić information content (AvgIpc) is 2.32. The van der Waals surface area contributed by atoms with Gasteiger partial charge in [-0.05, 0) is 34.1 Å². The summed E-state index contributed by atoms with van der Waals surface area (Å²) in [7, 11) is 0. The van der Waals surface area contributed by atoms with Gasteiger partial charge in [-0.3, -0.25) is 0 Å². The lowest BCUT2D eigenvalue weighted by Crippen LogP contribution is -2.17. The Bertz CT molecular complexity index is 528. The molecular formula is C18H26O3. The van der Waals surface area contributed by atoms with Crippen molar-refractivity contribution in [3.63, 3.8) is 0 Å². The molecule has 1 N–H and O–H groups in total. The van der Waals surface area contributed by atoms with Gasteiger partial charge in [0.15, 0.2) is 0 Å². The summed E-state index contributed by atoms with van der Waals surface area (Å²) in [5, 5.41) is 8.58. The number of benzene rings is 1. The van der Waals surface area contributed by atoms with Crippen LogP contribution in [0.5, 0.6) is 5.75 Å². The first-order chi connectivity index (χ1) is 9.51. The van der Waals surface area contributed by atoms with E-state index in [1.165, 1.54) is 11.6 Å². The van der Waals surface area contributed by atoms with Crippen molar-refractivity contribution in [2.45, 2.75) is 52.4 Å². The van der Waals surface area contributed by atoms with Crippen molar-refractivity contribution in [1.82, 2.24) is 0 Å². The lowest BCUT2D eigenvalue weighted by molar-refractivity contribution is -0.131. The number of carboxylic acid groups (broad SMARTS) is 1. The van der Waals surface area contributed by atoms with Crippen LogP contribution in [-0.4, -0.2) is 17.7 Å². The summed E-state index contributed by atoms with van der Waals surface area (Å²) in [4.78, 5) is 10.4. The average molecular weight is 290 g/mol. The standard InChI is InChI=1S/C18H26O3/c1-17(2,3)13-9-10-15(14(12-13)18(4,5)6)21-11-7-8-16(19)20/h7-10,12H,11H2,1-6H3,(H,19,20)/b8-7+. The number of ether oxygens (including phenoxy) is 1. The van der Waals surface area contributed by atoms with Crippen molar-refractivity contribution in [3.8, 4) is 5.75 Å². The van der Waals surface area contributed by atoms with Gasteiger partial charge in [0.25, 0.3) is 0 Å². The first-order valence-corrected chi connectivity index (χ1v) is 7.19. The molecule has 0 aliphatic heterocycles. The molecule has 0 atom stereocenters. The van der Waals surface area contributed by atoms with Crippen LogP contribution in [0.1, 0.15) is 52.7 Å². The third-order valence-corrected chi connectivity index (χ3v) is 3.25. The topological polar surface area (TPSA) is 46.5 Å². The molecule has 0 amide bonds. The van der Waals surface area contributed by atoms with Crippen LogP contribution in [0.15, 0.2) is 30.4 Å². The fraction of sp³-hybridized carbons (Fsp3) is 0.500. The minimum absolute atomic E-state index is 0.0346. The van der Waals surface area contributed by atoms with Crippen molar-refractivity contribution >= 4 is 5.97 Å². The Hall–Kier alpha value is -1.77. The van der Waals surface area contributed by atoms with E-state index < -0.39 is 5.97 Å². The van der Waals surface area contributed by atoms with Crippen LogP contribution in [0.3, 0.4) is 0 Å². The Morgan fingerprint density at radius 2 is 1.76 bits per heavy atom. The lowest BCUT2D eigenvalue weighted by atomic mass is 9.80. The van der Waals surface area contributed by atoms with E-state index in [-0.39, 0.29) is 17.4 Å². The monoisotopic (exact) mass is 290 g/mol. The molecule has 0 fully saturated rings. The molecule has 0 aliphatic rings. The van der Waals surface area contributed by atoms with Gasteiger partial charge in [-0.15, -0.1) is 0 Å². The van der Waals surface area contributed by atoms with Gasteiger partial charge < -0.3 is 9.84 Å². The smallest absolute Gasteiger partial charge is 0.328 e. The Kier molecular flexibility index (Phi) is 5.21. The molecule has 3 heteroatoms. The highest BCUT2D eigenvalue weighted by Crippen LogP contribution is 2.35. The summed E-state index contributed by atoms with van der Waals surface area (Å²) >= 11 is 0. The molecule has 0 radical (unpaired) electrons. The van der Waals surface area contributed by atoms with Crippen LogP contribution in [0.2, 0.25) is 0 Å². The maximum atomic E-state index is 10.4. The predicted octanol–water partition coefficient (Wildman–Crippen LogP) is 4.30. The van der Waals surface area contributed by atoms with E-state index in [4.69, 9.17) is 9.84 Å². The molecule has 0 bridgehead atoms. The zero-order chi connectivity index (χ0) is 16.3. The second-order valence-corrected chi connectivity index (χ2v) is 7.26. The van der Waals surface area contributed by atoms with Crippen LogP contribution in [0, 0.1) is 0 Å². The van der Waals surface area contributed by atoms with E-state index in [2.05, 4.69) is 53.7 Å². The number of carboxylic acids is 1. The third kappa shape index (κ3) is 5.25. The number of hydrogen-bond acceptors (Lipinski definition) is 2. The molecule has 1 aromatic carbocycles. The van der Waals surface area contributed by atoms with E-state index in [0.29, 0.717) is 0 Å². The third-order valence-electron chi connectivity index (χ3n) is 3.25. The summed E-state index contributed by atoms with van der Waals surface area (Å²) in [5.74, 6) is -0.150.